The highest BCUT2D eigenvalue weighted by molar-refractivity contribution is 5.96. The summed E-state index contributed by atoms with van der Waals surface area (Å²) in [5.74, 6) is -1.08. The van der Waals surface area contributed by atoms with Crippen molar-refractivity contribution in [1.82, 2.24) is 10.2 Å². The molecule has 2 amide bonds. The number of hydrogen-bond acceptors (Lipinski definition) is 3. The largest absolute Gasteiger partial charge is 0.478 e. The van der Waals surface area contributed by atoms with Crippen molar-refractivity contribution in [3.05, 3.63) is 35.4 Å². The molecule has 0 unspecified atom stereocenters. The zero-order valence-corrected chi connectivity index (χ0v) is 13.2. The number of hydrogen-bond donors (Lipinski definition) is 2. The van der Waals surface area contributed by atoms with Crippen molar-refractivity contribution in [2.24, 2.45) is 5.92 Å². The van der Waals surface area contributed by atoms with E-state index in [1.807, 2.05) is 6.92 Å². The van der Waals surface area contributed by atoms with Crippen LogP contribution in [0.4, 0.5) is 0 Å². The van der Waals surface area contributed by atoms with Crippen molar-refractivity contribution >= 4 is 17.8 Å². The van der Waals surface area contributed by atoms with E-state index in [1.165, 1.54) is 24.3 Å². The molecule has 1 fully saturated rings. The Hall–Kier alpha value is -2.37. The van der Waals surface area contributed by atoms with Crippen molar-refractivity contribution in [3.63, 3.8) is 0 Å². The molecule has 1 aromatic carbocycles. The number of piperidine rings is 1. The van der Waals surface area contributed by atoms with Gasteiger partial charge in [-0.15, -0.1) is 0 Å². The summed E-state index contributed by atoms with van der Waals surface area (Å²) >= 11 is 0. The van der Waals surface area contributed by atoms with Crippen LogP contribution >= 0.6 is 0 Å². The Balaban J connectivity index is 1.90. The third kappa shape index (κ3) is 4.31. The number of likely N-dealkylation sites (tertiary alicyclic amines) is 1. The summed E-state index contributed by atoms with van der Waals surface area (Å²) in [7, 11) is 0. The normalized spacial score (nSPS) is 15.3. The van der Waals surface area contributed by atoms with Gasteiger partial charge in [-0.25, -0.2) is 4.79 Å². The number of nitrogens with zero attached hydrogens (tertiary/aromatic N) is 1. The van der Waals surface area contributed by atoms with E-state index in [-0.39, 0.29) is 23.3 Å². The summed E-state index contributed by atoms with van der Waals surface area (Å²) in [5.41, 5.74) is 0.636. The maximum Gasteiger partial charge on any atom is 0.335 e. The first-order chi connectivity index (χ1) is 11.0. The molecule has 1 heterocycles. The lowest BCUT2D eigenvalue weighted by Crippen LogP contribution is -2.43. The Morgan fingerprint density at radius 2 is 1.70 bits per heavy atom. The standard InChI is InChI=1S/C17H22N2O4/c1-2-9-18-15(20)12-7-10-19(11-8-12)16(21)13-3-5-14(6-4-13)17(22)23/h3-6,12H,2,7-11H2,1H3,(H,18,20)(H,22,23). The van der Waals surface area contributed by atoms with E-state index in [9.17, 15) is 14.4 Å². The number of benzene rings is 1. The minimum Gasteiger partial charge on any atom is -0.478 e. The average Bonchev–Trinajstić information content (AvgIpc) is 2.59. The third-order valence-electron chi connectivity index (χ3n) is 4.08. The highest BCUT2D eigenvalue weighted by Crippen LogP contribution is 2.19. The second kappa shape index (κ2) is 7.76. The van der Waals surface area contributed by atoms with Crippen LogP contribution in [-0.4, -0.2) is 47.4 Å². The Bertz CT molecular complexity index is 575. The van der Waals surface area contributed by atoms with Gasteiger partial charge in [0.1, 0.15) is 0 Å². The summed E-state index contributed by atoms with van der Waals surface area (Å²) < 4.78 is 0. The van der Waals surface area contributed by atoms with Gasteiger partial charge in [0, 0.05) is 31.1 Å². The van der Waals surface area contributed by atoms with Crippen LogP contribution in [0.2, 0.25) is 0 Å². The third-order valence-corrected chi connectivity index (χ3v) is 4.08. The monoisotopic (exact) mass is 318 g/mol. The molecular weight excluding hydrogens is 296 g/mol. The SMILES string of the molecule is CCCNC(=O)C1CCN(C(=O)c2ccc(C(=O)O)cc2)CC1. The van der Waals surface area contributed by atoms with Crippen molar-refractivity contribution in [1.29, 1.82) is 0 Å². The van der Waals surface area contributed by atoms with Crippen LogP contribution in [0.25, 0.3) is 0 Å². The Kier molecular flexibility index (Phi) is 5.73. The molecule has 0 spiro atoms. The van der Waals surface area contributed by atoms with E-state index in [1.54, 1.807) is 4.90 Å². The number of carbonyl (C=O) groups excluding carboxylic acids is 2. The molecule has 6 heteroatoms. The quantitative estimate of drug-likeness (QED) is 0.866. The Morgan fingerprint density at radius 1 is 1.13 bits per heavy atom. The average molecular weight is 318 g/mol. The van der Waals surface area contributed by atoms with Gasteiger partial charge in [-0.05, 0) is 43.5 Å². The number of carboxylic acid groups (broad SMARTS) is 1. The molecule has 1 saturated heterocycles. The van der Waals surface area contributed by atoms with Crippen LogP contribution in [0, 0.1) is 5.92 Å². The van der Waals surface area contributed by atoms with Crippen LogP contribution in [0.15, 0.2) is 24.3 Å². The van der Waals surface area contributed by atoms with E-state index < -0.39 is 5.97 Å². The maximum atomic E-state index is 12.4. The molecule has 23 heavy (non-hydrogen) atoms. The first kappa shape index (κ1) is 17.0. The zero-order chi connectivity index (χ0) is 16.8. The fourth-order valence-corrected chi connectivity index (χ4v) is 2.68. The highest BCUT2D eigenvalue weighted by Gasteiger charge is 2.27. The van der Waals surface area contributed by atoms with Crippen molar-refractivity contribution < 1.29 is 19.5 Å². The lowest BCUT2D eigenvalue weighted by Gasteiger charge is -2.31. The fraction of sp³-hybridized carbons (Fsp3) is 0.471. The molecule has 6 nitrogen and oxygen atoms in total. The Morgan fingerprint density at radius 3 is 2.22 bits per heavy atom. The van der Waals surface area contributed by atoms with Crippen LogP contribution in [0.1, 0.15) is 46.9 Å². The number of carbonyl (C=O) groups is 3. The molecule has 2 N–H and O–H groups in total. The molecule has 0 aromatic heterocycles. The minimum absolute atomic E-state index is 0.0278. The topological polar surface area (TPSA) is 86.7 Å². The summed E-state index contributed by atoms with van der Waals surface area (Å²) in [6.45, 7) is 3.79. The fourth-order valence-electron chi connectivity index (χ4n) is 2.68. The number of carboxylic acids is 1. The lowest BCUT2D eigenvalue weighted by molar-refractivity contribution is -0.126. The van der Waals surface area contributed by atoms with Gasteiger partial charge in [0.2, 0.25) is 5.91 Å². The van der Waals surface area contributed by atoms with E-state index in [2.05, 4.69) is 5.32 Å². The Labute approximate surface area is 135 Å². The minimum atomic E-state index is -1.01. The molecule has 124 valence electrons. The molecule has 0 bridgehead atoms. The lowest BCUT2D eigenvalue weighted by atomic mass is 9.95. The van der Waals surface area contributed by atoms with Crippen molar-refractivity contribution in [3.8, 4) is 0 Å². The predicted octanol–water partition coefficient (Wildman–Crippen LogP) is 1.76. The van der Waals surface area contributed by atoms with Gasteiger partial charge in [0.05, 0.1) is 5.56 Å². The van der Waals surface area contributed by atoms with E-state index >= 15 is 0 Å². The molecule has 1 aliphatic rings. The van der Waals surface area contributed by atoms with Gasteiger partial charge in [0.15, 0.2) is 0 Å². The van der Waals surface area contributed by atoms with Gasteiger partial charge in [-0.2, -0.15) is 0 Å². The second-order valence-corrected chi connectivity index (χ2v) is 5.74. The number of amides is 2. The van der Waals surface area contributed by atoms with Crippen LogP contribution < -0.4 is 5.32 Å². The summed E-state index contributed by atoms with van der Waals surface area (Å²) in [4.78, 5) is 36.9. The van der Waals surface area contributed by atoms with Gasteiger partial charge >= 0.3 is 5.97 Å². The van der Waals surface area contributed by atoms with Crippen molar-refractivity contribution in [2.75, 3.05) is 19.6 Å². The van der Waals surface area contributed by atoms with Crippen molar-refractivity contribution in [2.45, 2.75) is 26.2 Å². The molecule has 2 rings (SSSR count). The van der Waals surface area contributed by atoms with Crippen LogP contribution in [0.5, 0.6) is 0 Å². The highest BCUT2D eigenvalue weighted by atomic mass is 16.4. The molecule has 0 atom stereocenters. The van der Waals surface area contributed by atoms with E-state index in [0.29, 0.717) is 38.0 Å². The predicted molar refractivity (Wildman–Crippen MR) is 85.3 cm³/mol. The maximum absolute atomic E-state index is 12.4. The zero-order valence-electron chi connectivity index (χ0n) is 13.2. The van der Waals surface area contributed by atoms with E-state index in [4.69, 9.17) is 5.11 Å². The number of rotatable bonds is 5. The molecule has 0 saturated carbocycles. The van der Waals surface area contributed by atoms with Gasteiger partial charge in [-0.3, -0.25) is 9.59 Å². The smallest absolute Gasteiger partial charge is 0.335 e. The van der Waals surface area contributed by atoms with Gasteiger partial charge in [-0.1, -0.05) is 6.92 Å². The van der Waals surface area contributed by atoms with Crippen LogP contribution in [0.3, 0.4) is 0 Å². The first-order valence-electron chi connectivity index (χ1n) is 7.93. The molecule has 1 aromatic rings. The van der Waals surface area contributed by atoms with Crippen LogP contribution in [-0.2, 0) is 4.79 Å². The summed E-state index contributed by atoms with van der Waals surface area (Å²) in [6, 6.07) is 5.93. The first-order valence-corrected chi connectivity index (χ1v) is 7.93. The van der Waals surface area contributed by atoms with Gasteiger partial charge in [0.25, 0.3) is 5.91 Å². The summed E-state index contributed by atoms with van der Waals surface area (Å²) in [6.07, 6.45) is 2.23. The molecule has 0 radical (unpaired) electrons. The summed E-state index contributed by atoms with van der Waals surface area (Å²) in [5, 5.41) is 11.8. The second-order valence-electron chi connectivity index (χ2n) is 5.74. The molecule has 1 aliphatic heterocycles. The number of aromatic carboxylic acids is 1. The van der Waals surface area contributed by atoms with E-state index in [0.717, 1.165) is 6.42 Å². The molecular formula is C17H22N2O4. The van der Waals surface area contributed by atoms with Gasteiger partial charge < -0.3 is 15.3 Å². The molecule has 0 aliphatic carbocycles. The number of nitrogens with one attached hydrogen (secondary N) is 1.